The van der Waals surface area contributed by atoms with Gasteiger partial charge >= 0.3 is 0 Å². The summed E-state index contributed by atoms with van der Waals surface area (Å²) in [5.41, 5.74) is 1.39. The Morgan fingerprint density at radius 2 is 2.12 bits per heavy atom. The van der Waals surface area contributed by atoms with Crippen LogP contribution in [0.3, 0.4) is 0 Å². The average molecular weight is 246 g/mol. The number of hydrogen-bond acceptors (Lipinski definition) is 3. The number of benzene rings is 1. The molecule has 0 N–H and O–H groups in total. The molecule has 0 aliphatic carbocycles. The largest absolute Gasteiger partial charge is 0.287 e. The molecular formula is C13H14N2OS. The van der Waals surface area contributed by atoms with E-state index < -0.39 is 0 Å². The Hall–Kier alpha value is -1.55. The first-order valence-corrected chi connectivity index (χ1v) is 6.70. The van der Waals surface area contributed by atoms with Crippen LogP contribution in [0.25, 0.3) is 0 Å². The molecular weight excluding hydrogens is 232 g/mol. The van der Waals surface area contributed by atoms with Crippen molar-refractivity contribution in [2.45, 2.75) is 18.4 Å². The van der Waals surface area contributed by atoms with Crippen LogP contribution in [-0.2, 0) is 6.54 Å². The van der Waals surface area contributed by atoms with Crippen molar-refractivity contribution >= 4 is 17.5 Å². The lowest BCUT2D eigenvalue weighted by atomic mass is 10.1. The van der Waals surface area contributed by atoms with Gasteiger partial charge in [-0.2, -0.15) is 5.10 Å². The van der Waals surface area contributed by atoms with E-state index in [1.165, 1.54) is 0 Å². The molecule has 0 bridgehead atoms. The summed E-state index contributed by atoms with van der Waals surface area (Å²) in [7, 11) is 0. The van der Waals surface area contributed by atoms with Gasteiger partial charge in [0.15, 0.2) is 0 Å². The lowest BCUT2D eigenvalue weighted by Crippen LogP contribution is -2.11. The number of carbonyl (C=O) groups is 1. The Morgan fingerprint density at radius 1 is 1.35 bits per heavy atom. The fourth-order valence-electron chi connectivity index (χ4n) is 1.75. The second kappa shape index (κ2) is 5.19. The van der Waals surface area contributed by atoms with Crippen molar-refractivity contribution in [1.29, 1.82) is 0 Å². The van der Waals surface area contributed by atoms with Crippen molar-refractivity contribution in [3.63, 3.8) is 0 Å². The highest BCUT2D eigenvalue weighted by atomic mass is 32.2. The first-order valence-electron chi connectivity index (χ1n) is 5.47. The van der Waals surface area contributed by atoms with E-state index in [0.717, 1.165) is 10.5 Å². The molecule has 0 aliphatic heterocycles. The number of ketones is 1. The van der Waals surface area contributed by atoms with Crippen molar-refractivity contribution in [1.82, 2.24) is 9.78 Å². The van der Waals surface area contributed by atoms with Gasteiger partial charge in [-0.3, -0.25) is 9.48 Å². The van der Waals surface area contributed by atoms with Gasteiger partial charge in [-0.05, 0) is 31.4 Å². The molecule has 1 aromatic carbocycles. The number of hydrogen-bond donors (Lipinski definition) is 0. The molecule has 0 saturated heterocycles. The standard InChI is InChI=1S/C13H14N2OS/c1-3-15-11(8-9-14-15)13(16)10-6-4-5-7-12(10)17-2/h4-9H,3H2,1-2H3. The van der Waals surface area contributed by atoms with Crippen molar-refractivity contribution in [3.8, 4) is 0 Å². The maximum absolute atomic E-state index is 12.4. The van der Waals surface area contributed by atoms with Crippen LogP contribution in [0.5, 0.6) is 0 Å². The Bertz CT molecular complexity index is 534. The highest BCUT2D eigenvalue weighted by Crippen LogP contribution is 2.22. The van der Waals surface area contributed by atoms with Gasteiger partial charge in [0.1, 0.15) is 5.69 Å². The molecule has 0 radical (unpaired) electrons. The maximum Gasteiger partial charge on any atom is 0.212 e. The average Bonchev–Trinajstić information content (AvgIpc) is 2.86. The van der Waals surface area contributed by atoms with Gasteiger partial charge in [0.2, 0.25) is 5.78 Å². The molecule has 17 heavy (non-hydrogen) atoms. The predicted octanol–water partition coefficient (Wildman–Crippen LogP) is 2.86. The maximum atomic E-state index is 12.4. The van der Waals surface area contributed by atoms with Gasteiger partial charge in [-0.25, -0.2) is 0 Å². The first kappa shape index (κ1) is 11.9. The number of rotatable bonds is 4. The van der Waals surface area contributed by atoms with E-state index in [2.05, 4.69) is 5.10 Å². The third kappa shape index (κ3) is 2.26. The van der Waals surface area contributed by atoms with Crippen LogP contribution < -0.4 is 0 Å². The lowest BCUT2D eigenvalue weighted by Gasteiger charge is -2.07. The molecule has 0 atom stereocenters. The van der Waals surface area contributed by atoms with Crippen molar-refractivity contribution in [2.24, 2.45) is 0 Å². The zero-order chi connectivity index (χ0) is 12.3. The third-order valence-corrected chi connectivity index (χ3v) is 3.40. The Balaban J connectivity index is 2.44. The van der Waals surface area contributed by atoms with Crippen LogP contribution in [0.2, 0.25) is 0 Å². The predicted molar refractivity (Wildman–Crippen MR) is 69.6 cm³/mol. The molecule has 2 rings (SSSR count). The summed E-state index contributed by atoms with van der Waals surface area (Å²) in [6, 6.07) is 9.42. The van der Waals surface area contributed by atoms with Crippen LogP contribution in [-0.4, -0.2) is 21.8 Å². The van der Waals surface area contributed by atoms with E-state index in [-0.39, 0.29) is 5.78 Å². The monoisotopic (exact) mass is 246 g/mol. The summed E-state index contributed by atoms with van der Waals surface area (Å²) >= 11 is 1.58. The summed E-state index contributed by atoms with van der Waals surface area (Å²) in [6.45, 7) is 2.68. The second-order valence-corrected chi connectivity index (χ2v) is 4.41. The third-order valence-electron chi connectivity index (χ3n) is 2.60. The summed E-state index contributed by atoms with van der Waals surface area (Å²) < 4.78 is 1.72. The minimum absolute atomic E-state index is 0.0364. The molecule has 3 nitrogen and oxygen atoms in total. The van der Waals surface area contributed by atoms with Crippen LogP contribution in [0.1, 0.15) is 23.0 Å². The molecule has 2 aromatic rings. The van der Waals surface area contributed by atoms with Crippen LogP contribution in [0.15, 0.2) is 41.4 Å². The highest BCUT2D eigenvalue weighted by Gasteiger charge is 2.16. The smallest absolute Gasteiger partial charge is 0.212 e. The molecule has 0 amide bonds. The van der Waals surface area contributed by atoms with E-state index in [4.69, 9.17) is 0 Å². The zero-order valence-corrected chi connectivity index (χ0v) is 10.7. The fraction of sp³-hybridized carbons (Fsp3) is 0.231. The number of aromatic nitrogens is 2. The second-order valence-electron chi connectivity index (χ2n) is 3.56. The van der Waals surface area contributed by atoms with Gasteiger partial charge in [-0.15, -0.1) is 11.8 Å². The molecule has 4 heteroatoms. The molecule has 0 saturated carbocycles. The SMILES string of the molecule is CCn1nccc1C(=O)c1ccccc1SC. The molecule has 88 valence electrons. The Kier molecular flexibility index (Phi) is 3.64. The van der Waals surface area contributed by atoms with Crippen LogP contribution in [0, 0.1) is 0 Å². The Morgan fingerprint density at radius 3 is 2.82 bits per heavy atom. The van der Waals surface area contributed by atoms with Crippen LogP contribution >= 0.6 is 11.8 Å². The summed E-state index contributed by atoms with van der Waals surface area (Å²) in [5, 5.41) is 4.13. The topological polar surface area (TPSA) is 34.9 Å². The fourth-order valence-corrected chi connectivity index (χ4v) is 2.34. The molecule has 0 fully saturated rings. The molecule has 1 heterocycles. The van der Waals surface area contributed by atoms with E-state index in [1.807, 2.05) is 37.4 Å². The van der Waals surface area contributed by atoms with Gasteiger partial charge in [-0.1, -0.05) is 12.1 Å². The number of thioether (sulfide) groups is 1. The Labute approximate surface area is 105 Å². The summed E-state index contributed by atoms with van der Waals surface area (Å²) in [6.07, 6.45) is 3.64. The molecule has 1 aromatic heterocycles. The van der Waals surface area contributed by atoms with Crippen LogP contribution in [0.4, 0.5) is 0 Å². The number of nitrogens with zero attached hydrogens (tertiary/aromatic N) is 2. The van der Waals surface area contributed by atoms with Gasteiger partial charge in [0.25, 0.3) is 0 Å². The van der Waals surface area contributed by atoms with Crippen molar-refractivity contribution in [3.05, 3.63) is 47.8 Å². The molecule has 0 spiro atoms. The van der Waals surface area contributed by atoms with Crippen molar-refractivity contribution < 1.29 is 4.79 Å². The van der Waals surface area contributed by atoms with Gasteiger partial charge < -0.3 is 0 Å². The van der Waals surface area contributed by atoms with E-state index in [9.17, 15) is 4.79 Å². The van der Waals surface area contributed by atoms with Crippen molar-refractivity contribution in [2.75, 3.05) is 6.26 Å². The minimum atomic E-state index is 0.0364. The molecule has 0 aliphatic rings. The van der Waals surface area contributed by atoms with Gasteiger partial charge in [0.05, 0.1) is 0 Å². The summed E-state index contributed by atoms with van der Waals surface area (Å²) in [5.74, 6) is 0.0364. The lowest BCUT2D eigenvalue weighted by molar-refractivity contribution is 0.102. The number of aryl methyl sites for hydroxylation is 1. The highest BCUT2D eigenvalue weighted by molar-refractivity contribution is 7.98. The van der Waals surface area contributed by atoms with E-state index in [1.54, 1.807) is 28.7 Å². The van der Waals surface area contributed by atoms with Gasteiger partial charge in [0, 0.05) is 23.2 Å². The number of carbonyl (C=O) groups excluding carboxylic acids is 1. The van der Waals surface area contributed by atoms with E-state index in [0.29, 0.717) is 12.2 Å². The normalized spacial score (nSPS) is 10.5. The zero-order valence-electron chi connectivity index (χ0n) is 9.88. The quantitative estimate of drug-likeness (QED) is 0.614. The first-order chi connectivity index (χ1) is 8.27. The molecule has 0 unspecified atom stereocenters. The summed E-state index contributed by atoms with van der Waals surface area (Å²) in [4.78, 5) is 13.4. The van der Waals surface area contributed by atoms with E-state index >= 15 is 0 Å². The minimum Gasteiger partial charge on any atom is -0.287 e.